The Morgan fingerprint density at radius 2 is 1.50 bits per heavy atom. The lowest BCUT2D eigenvalue weighted by molar-refractivity contribution is 0.393. The number of hydrogen-bond acceptors (Lipinski definition) is 2. The van der Waals surface area contributed by atoms with Crippen LogP contribution in [0.1, 0.15) is 16.5 Å². The second-order valence-electron chi connectivity index (χ2n) is 4.17. The molecule has 0 saturated carbocycles. The zero-order valence-corrected chi connectivity index (χ0v) is 13.3. The van der Waals surface area contributed by atoms with E-state index in [2.05, 4.69) is 0 Å². The van der Waals surface area contributed by atoms with Gasteiger partial charge in [0.25, 0.3) is 0 Å². The second kappa shape index (κ2) is 6.57. The molecule has 0 spiro atoms. The van der Waals surface area contributed by atoms with E-state index in [0.717, 1.165) is 11.1 Å². The Morgan fingerprint density at radius 3 is 2.05 bits per heavy atom. The van der Waals surface area contributed by atoms with Gasteiger partial charge in [0.15, 0.2) is 0 Å². The zero-order chi connectivity index (χ0) is 14.7. The van der Waals surface area contributed by atoms with Gasteiger partial charge in [0.2, 0.25) is 0 Å². The Hall–Kier alpha value is -1.09. The van der Waals surface area contributed by atoms with Crippen molar-refractivity contribution in [1.82, 2.24) is 0 Å². The van der Waals surface area contributed by atoms with Crippen molar-refractivity contribution in [2.24, 2.45) is 0 Å². The monoisotopic (exact) mass is 330 g/mol. The van der Waals surface area contributed by atoms with E-state index >= 15 is 0 Å². The summed E-state index contributed by atoms with van der Waals surface area (Å²) in [6.07, 6.45) is 0. The standard InChI is InChI=1S/C15H13Cl3O2/c1-19-11-5-9(6-12(8-11)20-2)15(18)13-7-10(16)3-4-14(13)17/h3-8,15H,1-2H3. The number of benzene rings is 2. The van der Waals surface area contributed by atoms with Crippen LogP contribution < -0.4 is 9.47 Å². The van der Waals surface area contributed by atoms with E-state index in [1.54, 1.807) is 38.5 Å². The molecule has 20 heavy (non-hydrogen) atoms. The highest BCUT2D eigenvalue weighted by atomic mass is 35.5. The van der Waals surface area contributed by atoms with Crippen LogP contribution in [0.2, 0.25) is 10.0 Å². The van der Waals surface area contributed by atoms with Gasteiger partial charge in [-0.05, 0) is 41.5 Å². The molecule has 2 rings (SSSR count). The predicted molar refractivity (Wildman–Crippen MR) is 83.7 cm³/mol. The number of rotatable bonds is 4. The van der Waals surface area contributed by atoms with Gasteiger partial charge in [-0.25, -0.2) is 0 Å². The summed E-state index contributed by atoms with van der Waals surface area (Å²) in [5, 5.41) is 0.714. The van der Waals surface area contributed by atoms with E-state index in [1.165, 1.54) is 0 Å². The first-order chi connectivity index (χ1) is 9.55. The van der Waals surface area contributed by atoms with E-state index in [-0.39, 0.29) is 0 Å². The number of methoxy groups -OCH3 is 2. The van der Waals surface area contributed by atoms with Crippen molar-refractivity contribution in [2.45, 2.75) is 5.38 Å². The maximum absolute atomic E-state index is 6.51. The number of alkyl halides is 1. The van der Waals surface area contributed by atoms with Crippen LogP contribution in [0, 0.1) is 0 Å². The maximum atomic E-state index is 6.51. The second-order valence-corrected chi connectivity index (χ2v) is 5.45. The van der Waals surface area contributed by atoms with Crippen LogP contribution in [0.3, 0.4) is 0 Å². The molecule has 106 valence electrons. The van der Waals surface area contributed by atoms with Gasteiger partial charge in [0.05, 0.1) is 19.6 Å². The molecule has 2 aromatic rings. The summed E-state index contributed by atoms with van der Waals surface area (Å²) in [7, 11) is 3.18. The summed E-state index contributed by atoms with van der Waals surface area (Å²) in [5.74, 6) is 1.34. The maximum Gasteiger partial charge on any atom is 0.122 e. The molecule has 0 fully saturated rings. The van der Waals surface area contributed by atoms with Gasteiger partial charge in [0.1, 0.15) is 11.5 Å². The van der Waals surface area contributed by atoms with E-state index < -0.39 is 5.38 Å². The highest BCUT2D eigenvalue weighted by Gasteiger charge is 2.17. The largest absolute Gasteiger partial charge is 0.497 e. The van der Waals surface area contributed by atoms with Crippen molar-refractivity contribution in [3.63, 3.8) is 0 Å². The molecule has 2 nitrogen and oxygen atoms in total. The van der Waals surface area contributed by atoms with Crippen LogP contribution in [-0.4, -0.2) is 14.2 Å². The molecule has 5 heteroatoms. The summed E-state index contributed by atoms with van der Waals surface area (Å²) in [4.78, 5) is 0. The van der Waals surface area contributed by atoms with Crippen LogP contribution in [0.15, 0.2) is 36.4 Å². The highest BCUT2D eigenvalue weighted by molar-refractivity contribution is 6.35. The number of halogens is 3. The van der Waals surface area contributed by atoms with E-state index in [1.807, 2.05) is 12.1 Å². The summed E-state index contributed by atoms with van der Waals surface area (Å²) < 4.78 is 10.5. The average Bonchev–Trinajstić information content (AvgIpc) is 2.48. The first-order valence-electron chi connectivity index (χ1n) is 5.87. The van der Waals surface area contributed by atoms with Crippen LogP contribution in [0.25, 0.3) is 0 Å². The smallest absolute Gasteiger partial charge is 0.122 e. The third-order valence-electron chi connectivity index (χ3n) is 2.90. The number of hydrogen-bond donors (Lipinski definition) is 0. The average molecular weight is 332 g/mol. The van der Waals surface area contributed by atoms with Gasteiger partial charge in [-0.2, -0.15) is 0 Å². The van der Waals surface area contributed by atoms with Gasteiger partial charge < -0.3 is 9.47 Å². The van der Waals surface area contributed by atoms with Gasteiger partial charge >= 0.3 is 0 Å². The molecule has 0 bridgehead atoms. The fraction of sp³-hybridized carbons (Fsp3) is 0.200. The lowest BCUT2D eigenvalue weighted by Gasteiger charge is -2.15. The Labute approximate surface area is 133 Å². The number of ether oxygens (including phenoxy) is 2. The highest BCUT2D eigenvalue weighted by Crippen LogP contribution is 2.38. The summed E-state index contributed by atoms with van der Waals surface area (Å²) in [6.45, 7) is 0. The molecule has 0 aliphatic heterocycles. The Kier molecular flexibility index (Phi) is 5.03. The minimum atomic E-state index is -0.440. The summed E-state index contributed by atoms with van der Waals surface area (Å²) in [6, 6.07) is 10.7. The van der Waals surface area contributed by atoms with Crippen molar-refractivity contribution in [1.29, 1.82) is 0 Å². The Bertz CT molecular complexity index is 592. The SMILES string of the molecule is COc1cc(OC)cc(C(Cl)c2cc(Cl)ccc2Cl)c1. The molecule has 0 aliphatic rings. The third-order valence-corrected chi connectivity index (χ3v) is 3.96. The molecule has 0 heterocycles. The third kappa shape index (κ3) is 3.32. The molecular weight excluding hydrogens is 319 g/mol. The van der Waals surface area contributed by atoms with Gasteiger partial charge in [-0.15, -0.1) is 11.6 Å². The zero-order valence-electron chi connectivity index (χ0n) is 11.0. The normalized spacial score (nSPS) is 12.1. The lowest BCUT2D eigenvalue weighted by Crippen LogP contribution is -1.97. The van der Waals surface area contributed by atoms with Gasteiger partial charge in [0, 0.05) is 16.1 Å². The quantitative estimate of drug-likeness (QED) is 0.704. The molecule has 2 aromatic carbocycles. The van der Waals surface area contributed by atoms with E-state index in [0.29, 0.717) is 21.5 Å². The minimum Gasteiger partial charge on any atom is -0.497 e. The Morgan fingerprint density at radius 1 is 0.900 bits per heavy atom. The van der Waals surface area contributed by atoms with E-state index in [4.69, 9.17) is 44.3 Å². The summed E-state index contributed by atoms with van der Waals surface area (Å²) in [5.41, 5.74) is 1.57. The van der Waals surface area contributed by atoms with Crippen LogP contribution >= 0.6 is 34.8 Å². The molecule has 0 amide bonds. The molecular formula is C15H13Cl3O2. The Balaban J connectivity index is 2.46. The van der Waals surface area contributed by atoms with Crippen molar-refractivity contribution >= 4 is 34.8 Å². The lowest BCUT2D eigenvalue weighted by atomic mass is 10.0. The van der Waals surface area contributed by atoms with Crippen molar-refractivity contribution in [3.05, 3.63) is 57.6 Å². The molecule has 0 saturated heterocycles. The van der Waals surface area contributed by atoms with Crippen molar-refractivity contribution in [2.75, 3.05) is 14.2 Å². The van der Waals surface area contributed by atoms with Crippen molar-refractivity contribution < 1.29 is 9.47 Å². The van der Waals surface area contributed by atoms with E-state index in [9.17, 15) is 0 Å². The molecule has 1 unspecified atom stereocenters. The van der Waals surface area contributed by atoms with Crippen LogP contribution in [0.5, 0.6) is 11.5 Å². The van der Waals surface area contributed by atoms with Gasteiger partial charge in [-0.3, -0.25) is 0 Å². The topological polar surface area (TPSA) is 18.5 Å². The molecule has 0 aromatic heterocycles. The van der Waals surface area contributed by atoms with Gasteiger partial charge in [-0.1, -0.05) is 23.2 Å². The first-order valence-corrected chi connectivity index (χ1v) is 7.06. The molecule has 0 N–H and O–H groups in total. The van der Waals surface area contributed by atoms with Crippen molar-refractivity contribution in [3.8, 4) is 11.5 Å². The first kappa shape index (κ1) is 15.3. The minimum absolute atomic E-state index is 0.440. The molecule has 1 atom stereocenters. The molecule has 0 radical (unpaired) electrons. The van der Waals surface area contributed by atoms with Crippen LogP contribution in [-0.2, 0) is 0 Å². The molecule has 0 aliphatic carbocycles. The predicted octanol–water partition coefficient (Wildman–Crippen LogP) is 5.34. The fourth-order valence-corrected chi connectivity index (χ4v) is 2.63. The summed E-state index contributed by atoms with van der Waals surface area (Å²) >= 11 is 18.7. The fourth-order valence-electron chi connectivity index (χ4n) is 1.86. The van der Waals surface area contributed by atoms with Crippen LogP contribution in [0.4, 0.5) is 0 Å².